The van der Waals surface area contributed by atoms with Crippen LogP contribution in [-0.2, 0) is 0 Å². The van der Waals surface area contributed by atoms with Gasteiger partial charge in [-0.05, 0) is 29.9 Å². The molecule has 3 rings (SSSR count). The molecule has 108 valence electrons. The molecule has 0 spiro atoms. The first kappa shape index (κ1) is 13.6. The van der Waals surface area contributed by atoms with Gasteiger partial charge in [0.05, 0.1) is 0 Å². The molecule has 4 nitrogen and oxygen atoms in total. The molecule has 4 heteroatoms. The largest absolute Gasteiger partial charge is 0.338 e. The summed E-state index contributed by atoms with van der Waals surface area (Å²) in [7, 11) is 0. The van der Waals surface area contributed by atoms with E-state index < -0.39 is 0 Å². The highest BCUT2D eigenvalue weighted by molar-refractivity contribution is 5.94. The number of fused-ring (bicyclic) bond motifs is 1. The number of pyridine rings is 1. The van der Waals surface area contributed by atoms with Crippen LogP contribution >= 0.6 is 0 Å². The average Bonchev–Trinajstić information content (AvgIpc) is 2.96. The van der Waals surface area contributed by atoms with Crippen molar-refractivity contribution < 1.29 is 4.79 Å². The summed E-state index contributed by atoms with van der Waals surface area (Å²) in [5, 5.41) is 0. The highest BCUT2D eigenvalue weighted by Gasteiger charge is 2.41. The van der Waals surface area contributed by atoms with Gasteiger partial charge in [-0.15, -0.1) is 0 Å². The lowest BCUT2D eigenvalue weighted by atomic mass is 10.0. The summed E-state index contributed by atoms with van der Waals surface area (Å²) in [5.41, 5.74) is 0.763. The Bertz CT molecular complexity index is 460. The maximum Gasteiger partial charge on any atom is 0.253 e. The van der Waals surface area contributed by atoms with Crippen LogP contribution in [0.5, 0.6) is 0 Å². The number of carbonyl (C=O) groups excluding carboxylic acids is 1. The first-order valence-corrected chi connectivity index (χ1v) is 7.55. The second kappa shape index (κ2) is 5.52. The van der Waals surface area contributed by atoms with E-state index in [4.69, 9.17) is 0 Å². The Hall–Kier alpha value is -1.42. The Morgan fingerprint density at radius 3 is 2.35 bits per heavy atom. The van der Waals surface area contributed by atoms with Gasteiger partial charge in [-0.3, -0.25) is 9.78 Å². The molecular weight excluding hydrogens is 250 g/mol. The normalized spacial score (nSPS) is 26.2. The first-order valence-electron chi connectivity index (χ1n) is 7.55. The second-order valence-corrected chi connectivity index (χ2v) is 6.58. The third-order valence-corrected chi connectivity index (χ3v) is 4.40. The van der Waals surface area contributed by atoms with E-state index in [2.05, 4.69) is 23.7 Å². The van der Waals surface area contributed by atoms with E-state index in [1.165, 1.54) is 6.54 Å². The molecule has 1 aromatic heterocycles. The Morgan fingerprint density at radius 1 is 1.20 bits per heavy atom. The van der Waals surface area contributed by atoms with Crippen molar-refractivity contribution >= 4 is 5.91 Å². The zero-order valence-electron chi connectivity index (χ0n) is 12.3. The van der Waals surface area contributed by atoms with Gasteiger partial charge in [0.15, 0.2) is 0 Å². The van der Waals surface area contributed by atoms with Crippen LogP contribution < -0.4 is 0 Å². The lowest BCUT2D eigenvalue weighted by Crippen LogP contribution is -2.34. The lowest BCUT2D eigenvalue weighted by Gasteiger charge is -2.22. The molecule has 1 amide bonds. The van der Waals surface area contributed by atoms with Crippen LogP contribution in [0.4, 0.5) is 0 Å². The summed E-state index contributed by atoms with van der Waals surface area (Å²) in [4.78, 5) is 21.0. The fourth-order valence-corrected chi connectivity index (χ4v) is 3.60. The maximum absolute atomic E-state index is 12.4. The minimum absolute atomic E-state index is 0.164. The maximum atomic E-state index is 12.4. The van der Waals surface area contributed by atoms with Crippen LogP contribution in [0.1, 0.15) is 24.2 Å². The van der Waals surface area contributed by atoms with Gasteiger partial charge in [0.2, 0.25) is 0 Å². The van der Waals surface area contributed by atoms with Crippen molar-refractivity contribution in [3.05, 3.63) is 30.1 Å². The number of rotatable bonds is 3. The minimum atomic E-state index is 0.164. The third-order valence-electron chi connectivity index (χ3n) is 4.40. The van der Waals surface area contributed by atoms with Crippen LogP contribution in [0, 0.1) is 17.8 Å². The molecule has 2 fully saturated rings. The van der Waals surface area contributed by atoms with Crippen LogP contribution in [0.2, 0.25) is 0 Å². The zero-order valence-corrected chi connectivity index (χ0v) is 12.3. The van der Waals surface area contributed by atoms with E-state index in [0.29, 0.717) is 11.8 Å². The summed E-state index contributed by atoms with van der Waals surface area (Å²) in [5.74, 6) is 2.22. The molecule has 0 aliphatic carbocycles. The predicted molar refractivity (Wildman–Crippen MR) is 78.4 cm³/mol. The molecule has 2 aliphatic rings. The SMILES string of the molecule is CC(C)CN1C[C@@H]2CN(C(=O)c3ccncc3)C[C@@H]2C1. The van der Waals surface area contributed by atoms with E-state index in [0.717, 1.165) is 37.7 Å². The number of carbonyl (C=O) groups is 1. The highest BCUT2D eigenvalue weighted by atomic mass is 16.2. The van der Waals surface area contributed by atoms with Gasteiger partial charge in [0.25, 0.3) is 5.91 Å². The van der Waals surface area contributed by atoms with Gasteiger partial charge in [0.1, 0.15) is 0 Å². The van der Waals surface area contributed by atoms with Crippen molar-refractivity contribution in [2.45, 2.75) is 13.8 Å². The number of aromatic nitrogens is 1. The van der Waals surface area contributed by atoms with E-state index >= 15 is 0 Å². The molecule has 0 N–H and O–H groups in total. The predicted octanol–water partition coefficient (Wildman–Crippen LogP) is 1.74. The van der Waals surface area contributed by atoms with Gasteiger partial charge in [-0.1, -0.05) is 13.8 Å². The monoisotopic (exact) mass is 273 g/mol. The molecule has 20 heavy (non-hydrogen) atoms. The lowest BCUT2D eigenvalue weighted by molar-refractivity contribution is 0.0773. The minimum Gasteiger partial charge on any atom is -0.338 e. The summed E-state index contributed by atoms with van der Waals surface area (Å²) in [6, 6.07) is 3.61. The van der Waals surface area contributed by atoms with Crippen LogP contribution in [0.3, 0.4) is 0 Å². The van der Waals surface area contributed by atoms with Crippen LogP contribution in [0.15, 0.2) is 24.5 Å². The van der Waals surface area contributed by atoms with Gasteiger partial charge in [-0.25, -0.2) is 0 Å². The van der Waals surface area contributed by atoms with Crippen molar-refractivity contribution in [1.29, 1.82) is 0 Å². The van der Waals surface area contributed by atoms with Gasteiger partial charge in [-0.2, -0.15) is 0 Å². The van der Waals surface area contributed by atoms with E-state index in [9.17, 15) is 4.79 Å². The van der Waals surface area contributed by atoms with Crippen molar-refractivity contribution in [1.82, 2.24) is 14.8 Å². The van der Waals surface area contributed by atoms with Crippen molar-refractivity contribution in [2.75, 3.05) is 32.7 Å². The van der Waals surface area contributed by atoms with Crippen molar-refractivity contribution in [2.24, 2.45) is 17.8 Å². The number of amides is 1. The van der Waals surface area contributed by atoms with E-state index in [1.54, 1.807) is 12.4 Å². The Balaban J connectivity index is 1.59. The molecule has 3 heterocycles. The molecule has 2 aliphatic heterocycles. The number of nitrogens with zero attached hydrogens (tertiary/aromatic N) is 3. The molecule has 0 unspecified atom stereocenters. The second-order valence-electron chi connectivity index (χ2n) is 6.58. The summed E-state index contributed by atoms with van der Waals surface area (Å²) in [6.07, 6.45) is 3.38. The van der Waals surface area contributed by atoms with Crippen LogP contribution in [-0.4, -0.2) is 53.4 Å². The summed E-state index contributed by atoms with van der Waals surface area (Å²) in [6.45, 7) is 9.87. The fourth-order valence-electron chi connectivity index (χ4n) is 3.60. The summed E-state index contributed by atoms with van der Waals surface area (Å²) < 4.78 is 0. The first-order chi connectivity index (χ1) is 9.63. The number of likely N-dealkylation sites (tertiary alicyclic amines) is 2. The molecular formula is C16H23N3O. The number of hydrogen-bond donors (Lipinski definition) is 0. The molecule has 2 atom stereocenters. The van der Waals surface area contributed by atoms with E-state index in [1.807, 2.05) is 17.0 Å². The van der Waals surface area contributed by atoms with Gasteiger partial charge in [0, 0.05) is 50.7 Å². The molecule has 0 radical (unpaired) electrons. The molecule has 0 aromatic carbocycles. The van der Waals surface area contributed by atoms with E-state index in [-0.39, 0.29) is 5.91 Å². The quantitative estimate of drug-likeness (QED) is 0.841. The molecule has 0 bridgehead atoms. The highest BCUT2D eigenvalue weighted by Crippen LogP contribution is 2.32. The molecule has 0 saturated carbocycles. The van der Waals surface area contributed by atoms with Gasteiger partial charge < -0.3 is 9.80 Å². The fraction of sp³-hybridized carbons (Fsp3) is 0.625. The molecule has 2 saturated heterocycles. The Kier molecular flexibility index (Phi) is 3.74. The third kappa shape index (κ3) is 2.70. The Labute approximate surface area is 120 Å². The average molecular weight is 273 g/mol. The number of hydrogen-bond acceptors (Lipinski definition) is 3. The summed E-state index contributed by atoms with van der Waals surface area (Å²) >= 11 is 0. The van der Waals surface area contributed by atoms with Gasteiger partial charge >= 0.3 is 0 Å². The standard InChI is InChI=1S/C16H23N3O/c1-12(2)7-18-8-14-10-19(11-15(14)9-18)16(20)13-3-5-17-6-4-13/h3-6,12,14-15H,7-11H2,1-2H3/t14-,15+. The van der Waals surface area contributed by atoms with Crippen molar-refractivity contribution in [3.8, 4) is 0 Å². The Morgan fingerprint density at radius 2 is 1.80 bits per heavy atom. The van der Waals surface area contributed by atoms with Crippen LogP contribution in [0.25, 0.3) is 0 Å². The smallest absolute Gasteiger partial charge is 0.253 e. The molecule has 1 aromatic rings. The zero-order chi connectivity index (χ0) is 14.1. The van der Waals surface area contributed by atoms with Crippen molar-refractivity contribution in [3.63, 3.8) is 0 Å². The topological polar surface area (TPSA) is 36.4 Å².